The molecule has 6 rings (SSSR count). The van der Waals surface area contributed by atoms with E-state index in [1.54, 1.807) is 67.9 Å². The van der Waals surface area contributed by atoms with Gasteiger partial charge in [-0.05, 0) is 47.4 Å². The predicted molar refractivity (Wildman–Crippen MR) is 228 cm³/mol. The van der Waals surface area contributed by atoms with Gasteiger partial charge in [-0.1, -0.05) is 45.0 Å². The van der Waals surface area contributed by atoms with Crippen molar-refractivity contribution in [3.8, 4) is 28.7 Å². The lowest BCUT2D eigenvalue weighted by Crippen LogP contribution is -2.22. The lowest BCUT2D eigenvalue weighted by Gasteiger charge is -2.24. The number of urea groups is 1. The van der Waals surface area contributed by atoms with Crippen molar-refractivity contribution in [1.82, 2.24) is 4.98 Å². The van der Waals surface area contributed by atoms with Crippen LogP contribution in [-0.4, -0.2) is 64.2 Å². The molecule has 60 heavy (non-hydrogen) atoms. The molecule has 2 aromatic heterocycles. The summed E-state index contributed by atoms with van der Waals surface area (Å²) in [6, 6.07) is 23.9. The number of aromatic nitrogens is 1. The molecular formula is C43H45N5O11S. The average molecular weight is 840 g/mol. The molecular weight excluding hydrogens is 795 g/mol. The van der Waals surface area contributed by atoms with E-state index in [2.05, 4.69) is 25.7 Å². The molecule has 0 saturated heterocycles. The van der Waals surface area contributed by atoms with Crippen LogP contribution >= 0.6 is 0 Å². The number of sulfonamides is 1. The molecule has 16 nitrogen and oxygen atoms in total. The number of fused-ring (bicyclic) bond motifs is 1. The number of rotatable bonds is 17. The molecule has 0 aliphatic carbocycles. The van der Waals surface area contributed by atoms with Gasteiger partial charge in [0, 0.05) is 46.9 Å². The number of benzene rings is 4. The number of furan rings is 1. The summed E-state index contributed by atoms with van der Waals surface area (Å²) in [6.07, 6.45) is 3.81. The number of hydrogen-bond donors (Lipinski definition) is 5. The first-order chi connectivity index (χ1) is 28.6. The van der Waals surface area contributed by atoms with E-state index in [0.717, 1.165) is 23.5 Å². The van der Waals surface area contributed by atoms with Crippen LogP contribution in [0.3, 0.4) is 0 Å². The average Bonchev–Trinajstić information content (AvgIpc) is 3.67. The second kappa shape index (κ2) is 18.3. The van der Waals surface area contributed by atoms with Crippen LogP contribution in [0.4, 0.5) is 33.4 Å². The van der Waals surface area contributed by atoms with Crippen LogP contribution in [0.5, 0.6) is 28.7 Å². The Balaban J connectivity index is 1.13. The summed E-state index contributed by atoms with van der Waals surface area (Å²) < 4.78 is 60.9. The highest BCUT2D eigenvalue weighted by Crippen LogP contribution is 2.40. The van der Waals surface area contributed by atoms with Crippen LogP contribution < -0.4 is 39.6 Å². The Bertz CT molecular complexity index is 2620. The van der Waals surface area contributed by atoms with Crippen LogP contribution in [0.2, 0.25) is 0 Å². The lowest BCUT2D eigenvalue weighted by atomic mass is 9.86. The maximum absolute atomic E-state index is 13.5. The second-order valence-electron chi connectivity index (χ2n) is 14.5. The van der Waals surface area contributed by atoms with Gasteiger partial charge in [0.15, 0.2) is 5.75 Å². The van der Waals surface area contributed by atoms with E-state index < -0.39 is 22.0 Å². The summed E-state index contributed by atoms with van der Waals surface area (Å²) in [5, 5.41) is 19.5. The molecule has 5 N–H and O–H groups in total. The van der Waals surface area contributed by atoms with Gasteiger partial charge in [0.2, 0.25) is 10.0 Å². The maximum atomic E-state index is 13.5. The highest BCUT2D eigenvalue weighted by molar-refractivity contribution is 7.92. The summed E-state index contributed by atoms with van der Waals surface area (Å²) in [7, 11) is -0.708. The normalized spacial score (nSPS) is 11.4. The van der Waals surface area contributed by atoms with Crippen LogP contribution in [0.25, 0.3) is 10.8 Å². The lowest BCUT2D eigenvalue weighted by molar-refractivity contribution is 0.0696. The van der Waals surface area contributed by atoms with E-state index in [-0.39, 0.29) is 47.9 Å². The molecule has 0 aliphatic rings. The Labute approximate surface area is 346 Å². The highest BCUT2D eigenvalue weighted by atomic mass is 32.2. The van der Waals surface area contributed by atoms with Crippen molar-refractivity contribution in [3.63, 3.8) is 0 Å². The number of amides is 2. The van der Waals surface area contributed by atoms with E-state index in [4.69, 9.17) is 33.2 Å². The first-order valence-corrected chi connectivity index (χ1v) is 20.4. The smallest absolute Gasteiger partial charge is 0.338 e. The number of anilines is 5. The second-order valence-corrected chi connectivity index (χ2v) is 16.2. The molecule has 2 amide bonds. The maximum Gasteiger partial charge on any atom is 0.338 e. The van der Waals surface area contributed by atoms with Gasteiger partial charge in [-0.15, -0.1) is 0 Å². The molecule has 0 bridgehead atoms. The van der Waals surface area contributed by atoms with Gasteiger partial charge in [-0.2, -0.15) is 0 Å². The van der Waals surface area contributed by atoms with Crippen molar-refractivity contribution in [2.45, 2.75) is 32.8 Å². The Morgan fingerprint density at radius 2 is 1.55 bits per heavy atom. The van der Waals surface area contributed by atoms with Gasteiger partial charge < -0.3 is 49.2 Å². The van der Waals surface area contributed by atoms with Crippen molar-refractivity contribution in [3.05, 3.63) is 114 Å². The molecule has 4 aromatic carbocycles. The number of nitrogens with one attached hydrogen (secondary N) is 4. The zero-order valence-electron chi connectivity index (χ0n) is 33.7. The number of carboxylic acids is 1. The van der Waals surface area contributed by atoms with Crippen molar-refractivity contribution in [1.29, 1.82) is 0 Å². The Hall–Kier alpha value is -6.98. The molecule has 6 aromatic rings. The molecule has 0 aliphatic heterocycles. The van der Waals surface area contributed by atoms with Gasteiger partial charge in [0.25, 0.3) is 0 Å². The van der Waals surface area contributed by atoms with Gasteiger partial charge >= 0.3 is 12.0 Å². The number of pyridine rings is 1. The van der Waals surface area contributed by atoms with Crippen LogP contribution in [0.1, 0.15) is 42.5 Å². The van der Waals surface area contributed by atoms with Gasteiger partial charge in [-0.25, -0.2) is 23.0 Å². The summed E-state index contributed by atoms with van der Waals surface area (Å²) in [4.78, 5) is 29.0. The standard InChI is InChI=1S/C43H45N5O11S/c1-43(2,3)27-18-36(40(55-5)37(19-27)48-60(6,52)53)47-42(51)46-35-11-12-38(34-10-8-7-9-33(34)35)59-29-13-14-44-39(23-29)45-28-20-30(54-4)22-31(21-28)57-16-15-56-25-32-17-26(24-58-32)41(49)50/h7-14,17-24,48H,15-16,25H2,1-6H3,(H,44,45)(H,49,50)(H2,46,47,51). The molecule has 0 spiro atoms. The van der Waals surface area contributed by atoms with E-state index >= 15 is 0 Å². The van der Waals surface area contributed by atoms with Crippen LogP contribution in [0.15, 0.2) is 102 Å². The number of nitrogens with zero attached hydrogens (tertiary/aromatic N) is 1. The summed E-state index contributed by atoms with van der Waals surface area (Å²) in [5.41, 5.74) is 2.07. The van der Waals surface area contributed by atoms with Crippen molar-refractivity contribution in [2.24, 2.45) is 0 Å². The van der Waals surface area contributed by atoms with E-state index in [0.29, 0.717) is 51.3 Å². The molecule has 2 heterocycles. The fraction of sp³-hybridized carbons (Fsp3) is 0.233. The number of carbonyl (C=O) groups is 2. The Morgan fingerprint density at radius 1 is 0.817 bits per heavy atom. The quantitative estimate of drug-likeness (QED) is 0.0544. The SMILES string of the molecule is COc1cc(Nc2cc(Oc3ccc(NC(=O)Nc4cc(C(C)(C)C)cc(NS(C)(=O)=O)c4OC)c4ccccc34)ccn2)cc(OCCOCc2cc(C(=O)O)co2)c1. The minimum Gasteiger partial charge on any atom is -0.497 e. The highest BCUT2D eigenvalue weighted by Gasteiger charge is 2.23. The molecule has 314 valence electrons. The van der Waals surface area contributed by atoms with Crippen molar-refractivity contribution in [2.75, 3.05) is 54.4 Å². The molecule has 0 fully saturated rings. The first kappa shape index (κ1) is 42.6. The largest absolute Gasteiger partial charge is 0.497 e. The Morgan fingerprint density at radius 3 is 2.25 bits per heavy atom. The summed E-state index contributed by atoms with van der Waals surface area (Å²) in [6.45, 7) is 6.45. The van der Waals surface area contributed by atoms with Crippen molar-refractivity contribution < 1.29 is 51.2 Å². The molecule has 0 radical (unpaired) electrons. The minimum absolute atomic E-state index is 0.0538. The van der Waals surface area contributed by atoms with E-state index in [1.807, 2.05) is 45.0 Å². The van der Waals surface area contributed by atoms with Crippen LogP contribution in [-0.2, 0) is 26.8 Å². The zero-order valence-corrected chi connectivity index (χ0v) is 34.6. The molecule has 0 saturated carbocycles. The topological polar surface area (TPSA) is 209 Å². The fourth-order valence-electron chi connectivity index (χ4n) is 6.02. The fourth-order valence-corrected chi connectivity index (χ4v) is 6.57. The number of carboxylic acid groups (broad SMARTS) is 1. The molecule has 0 unspecified atom stereocenters. The van der Waals surface area contributed by atoms with Gasteiger partial charge in [0.05, 0.1) is 49.7 Å². The number of methoxy groups -OCH3 is 2. The Kier molecular flexibility index (Phi) is 13.0. The third-order valence-corrected chi connectivity index (χ3v) is 9.41. The number of carbonyl (C=O) groups excluding carboxylic acids is 1. The monoisotopic (exact) mass is 839 g/mol. The van der Waals surface area contributed by atoms with E-state index in [1.165, 1.54) is 13.2 Å². The predicted octanol–water partition coefficient (Wildman–Crippen LogP) is 8.99. The molecule has 17 heteroatoms. The third-order valence-electron chi connectivity index (χ3n) is 8.82. The number of hydrogen-bond acceptors (Lipinski definition) is 12. The minimum atomic E-state index is -3.65. The summed E-state index contributed by atoms with van der Waals surface area (Å²) in [5.74, 6) is 2.03. The zero-order chi connectivity index (χ0) is 43.0. The van der Waals surface area contributed by atoms with Crippen LogP contribution in [0, 0.1) is 0 Å². The first-order valence-electron chi connectivity index (χ1n) is 18.5. The third kappa shape index (κ3) is 11.1. The van der Waals surface area contributed by atoms with Gasteiger partial charge in [-0.3, -0.25) is 4.72 Å². The number of ether oxygens (including phenoxy) is 5. The number of aromatic carboxylic acids is 1. The molecule has 0 atom stereocenters. The van der Waals surface area contributed by atoms with Gasteiger partial charge in [0.1, 0.15) is 54.1 Å². The van der Waals surface area contributed by atoms with E-state index in [9.17, 15) is 18.0 Å². The summed E-state index contributed by atoms with van der Waals surface area (Å²) >= 11 is 0. The van der Waals surface area contributed by atoms with Crippen molar-refractivity contribution >= 4 is 61.4 Å².